The van der Waals surface area contributed by atoms with Crippen LogP contribution in [0.1, 0.15) is 107 Å². The highest BCUT2D eigenvalue weighted by Crippen LogP contribution is 2.74. The second-order valence-electron chi connectivity index (χ2n) is 20.4. The summed E-state index contributed by atoms with van der Waals surface area (Å²) in [5.41, 5.74) is -1.29. The summed E-state index contributed by atoms with van der Waals surface area (Å²) in [6, 6.07) is 0. The lowest BCUT2D eigenvalue weighted by molar-refractivity contribution is -0.322. The molecule has 0 radical (unpaired) electrons. The topological polar surface area (TPSA) is 236 Å². The Morgan fingerprint density at radius 3 is 1.96 bits per heavy atom. The Bertz CT molecular complexity index is 1460. The number of ether oxygens (including phenoxy) is 4. The van der Waals surface area contributed by atoms with Crippen LogP contribution >= 0.6 is 0 Å². The third-order valence-corrected chi connectivity index (χ3v) is 16.8. The minimum Gasteiger partial charge on any atom is -0.394 e. The van der Waals surface area contributed by atoms with Crippen molar-refractivity contribution in [2.24, 2.45) is 51.2 Å². The molecule has 14 nitrogen and oxygen atoms in total. The Hall–Kier alpha value is -1.11. The van der Waals surface area contributed by atoms with Crippen LogP contribution in [0.15, 0.2) is 11.6 Å². The van der Waals surface area contributed by atoms with E-state index in [-0.39, 0.29) is 52.4 Å². The summed E-state index contributed by atoms with van der Waals surface area (Å²) < 4.78 is 23.4. The van der Waals surface area contributed by atoms with Crippen molar-refractivity contribution in [2.45, 2.75) is 180 Å². The first-order valence-electron chi connectivity index (χ1n) is 21.3. The fraction of sp³-hybridized carbons (Fsp3) is 0.930. The van der Waals surface area contributed by atoms with Crippen LogP contribution in [0.2, 0.25) is 0 Å². The molecule has 9 N–H and O–H groups in total. The van der Waals surface area contributed by atoms with Gasteiger partial charge in [-0.3, -0.25) is 4.79 Å². The number of carbonyl (C=O) groups excluding carboxylic acids is 1. The van der Waals surface area contributed by atoms with Crippen LogP contribution in [-0.2, 0) is 23.7 Å². The van der Waals surface area contributed by atoms with Crippen molar-refractivity contribution in [1.29, 1.82) is 0 Å². The number of fused-ring (bicyclic) bond motifs is 5. The van der Waals surface area contributed by atoms with E-state index in [0.717, 1.165) is 32.1 Å². The smallest absolute Gasteiger partial charge is 0.187 e. The van der Waals surface area contributed by atoms with Gasteiger partial charge in [0.1, 0.15) is 54.6 Å². The van der Waals surface area contributed by atoms with Crippen LogP contribution in [-0.4, -0.2) is 145 Å². The number of carbonyl (C=O) groups is 1. The summed E-state index contributed by atoms with van der Waals surface area (Å²) in [6.07, 6.45) is -6.25. The van der Waals surface area contributed by atoms with Gasteiger partial charge in [0.15, 0.2) is 12.6 Å². The van der Waals surface area contributed by atoms with E-state index in [9.17, 15) is 50.8 Å². The zero-order valence-electron chi connectivity index (χ0n) is 35.2. The van der Waals surface area contributed by atoms with E-state index in [1.165, 1.54) is 5.57 Å². The summed E-state index contributed by atoms with van der Waals surface area (Å²) in [5.74, 6) is 0.995. The van der Waals surface area contributed by atoms with Crippen molar-refractivity contribution in [1.82, 2.24) is 0 Å². The fourth-order valence-corrected chi connectivity index (χ4v) is 12.7. The molecule has 4 aliphatic carbocycles. The molecule has 6 aliphatic rings. The maximum Gasteiger partial charge on any atom is 0.187 e. The molecule has 0 aromatic rings. The number of allylic oxidation sites excluding steroid dienone is 2. The Morgan fingerprint density at radius 2 is 1.39 bits per heavy atom. The Labute approximate surface area is 337 Å². The molecule has 2 aliphatic heterocycles. The monoisotopic (exact) mass is 812 g/mol. The van der Waals surface area contributed by atoms with E-state index in [0.29, 0.717) is 25.0 Å². The number of rotatable bonds is 12. The predicted molar refractivity (Wildman–Crippen MR) is 206 cm³/mol. The van der Waals surface area contributed by atoms with Crippen LogP contribution in [0.5, 0.6) is 0 Å². The van der Waals surface area contributed by atoms with Gasteiger partial charge in [0.05, 0.1) is 31.5 Å². The Morgan fingerprint density at radius 1 is 0.807 bits per heavy atom. The average Bonchev–Trinajstić information content (AvgIpc) is 3.42. The summed E-state index contributed by atoms with van der Waals surface area (Å²) in [5, 5.41) is 92.7. The highest BCUT2D eigenvalue weighted by Gasteiger charge is 2.70. The molecule has 5 fully saturated rings. The van der Waals surface area contributed by atoms with Crippen LogP contribution < -0.4 is 0 Å². The fourth-order valence-electron chi connectivity index (χ4n) is 12.7. The third-order valence-electron chi connectivity index (χ3n) is 16.8. The molecule has 3 unspecified atom stereocenters. The van der Waals surface area contributed by atoms with Crippen molar-refractivity contribution in [3.8, 4) is 0 Å². The molecule has 0 bridgehead atoms. The van der Waals surface area contributed by atoms with Crippen LogP contribution in [0.4, 0.5) is 0 Å². The molecular formula is C43H72O14. The number of aliphatic hydroxyl groups is 9. The van der Waals surface area contributed by atoms with Crippen LogP contribution in [0.3, 0.4) is 0 Å². The van der Waals surface area contributed by atoms with Gasteiger partial charge in [0.25, 0.3) is 0 Å². The van der Waals surface area contributed by atoms with Crippen molar-refractivity contribution >= 4 is 5.78 Å². The molecule has 2 saturated heterocycles. The molecule has 2 heterocycles. The van der Waals surface area contributed by atoms with Gasteiger partial charge in [-0.15, -0.1) is 0 Å². The normalized spacial score (nSPS) is 48.4. The molecule has 0 spiro atoms. The van der Waals surface area contributed by atoms with E-state index in [1.807, 2.05) is 0 Å². The van der Waals surface area contributed by atoms with Crippen LogP contribution in [0.25, 0.3) is 0 Å². The molecule has 0 aromatic carbocycles. The molecule has 14 heteroatoms. The van der Waals surface area contributed by atoms with Gasteiger partial charge in [-0.2, -0.15) is 0 Å². The second kappa shape index (κ2) is 16.3. The first kappa shape index (κ1) is 45.4. The lowest BCUT2D eigenvalue weighted by Crippen LogP contribution is -2.63. The van der Waals surface area contributed by atoms with Gasteiger partial charge >= 0.3 is 0 Å². The molecule has 6 rings (SSSR count). The minimum atomic E-state index is -1.58. The van der Waals surface area contributed by atoms with Gasteiger partial charge in [0.2, 0.25) is 0 Å². The third kappa shape index (κ3) is 7.52. The highest BCUT2D eigenvalue weighted by molar-refractivity contribution is 5.88. The zero-order chi connectivity index (χ0) is 42.2. The van der Waals surface area contributed by atoms with Gasteiger partial charge in [-0.25, -0.2) is 0 Å². The minimum absolute atomic E-state index is 0.0428. The quantitative estimate of drug-likeness (QED) is 0.127. The van der Waals surface area contributed by atoms with Gasteiger partial charge in [0, 0.05) is 11.8 Å². The lowest BCUT2D eigenvalue weighted by Gasteiger charge is -2.65. The summed E-state index contributed by atoms with van der Waals surface area (Å²) in [7, 11) is 0. The average molecular weight is 813 g/mol. The van der Waals surface area contributed by atoms with Crippen molar-refractivity contribution in [3.05, 3.63) is 11.6 Å². The summed E-state index contributed by atoms with van der Waals surface area (Å²) in [6.45, 7) is 15.9. The molecule has 3 saturated carbocycles. The molecule has 57 heavy (non-hydrogen) atoms. The lowest BCUT2D eigenvalue weighted by atomic mass is 9.38. The van der Waals surface area contributed by atoms with E-state index in [1.54, 1.807) is 13.8 Å². The first-order chi connectivity index (χ1) is 26.5. The highest BCUT2D eigenvalue weighted by atomic mass is 16.7. The largest absolute Gasteiger partial charge is 0.394 e. The summed E-state index contributed by atoms with van der Waals surface area (Å²) in [4.78, 5) is 14.9. The molecular weight excluding hydrogens is 740 g/mol. The van der Waals surface area contributed by atoms with E-state index in [4.69, 9.17) is 18.9 Å². The molecule has 0 aromatic heterocycles. The van der Waals surface area contributed by atoms with Crippen molar-refractivity contribution in [2.75, 3.05) is 19.8 Å². The number of Topliss-reactive ketones (excluding diaryl/α,β-unsaturated/α-hetero) is 1. The summed E-state index contributed by atoms with van der Waals surface area (Å²) >= 11 is 0. The zero-order valence-corrected chi connectivity index (χ0v) is 35.2. The molecule has 328 valence electrons. The first-order valence-corrected chi connectivity index (χ1v) is 21.3. The van der Waals surface area contributed by atoms with Gasteiger partial charge in [-0.05, 0) is 105 Å². The number of hydrogen-bond acceptors (Lipinski definition) is 14. The number of ketones is 1. The standard InChI is InChI=1S/C43H72O14/c1-21(9-14-30(40(4,5)53)57-38-36(52)34(50)32(48)27(19-45)56-38)23-15-16-41(6)28-13-12-24-25(43(28,8)29(46)17-42(23,41)7)11-10-22(39(24,2)3)20-54-37-35(51)33(49)31(47)26(18-44)55-37/h12,21-23,25-28,30-38,44-45,47-53H,9-11,13-20H2,1-8H3/t21-,22-,23?,25?,26-,27-,28?,30-,31-,32-,33+,34+,35-,36-,37-,38+,41+,42-,43+/m1/s1. The van der Waals surface area contributed by atoms with Gasteiger partial charge < -0.3 is 64.9 Å². The SMILES string of the molecule is C[C@H](CC[C@@H](O[C@@H]1O[C@H](CO)[C@@H](O)[C@H](O)[C@H]1O)C(C)(C)O)C1CC[C@@]2(C)C3CC=C4C(CC[C@H](CO[C@@H]5O[C@H](CO)[C@@H](O)[C@H](O)[C@H]5O)C4(C)C)[C@]3(C)C(=O)C[C@]12C. The van der Waals surface area contributed by atoms with Crippen molar-refractivity contribution in [3.63, 3.8) is 0 Å². The van der Waals surface area contributed by atoms with Crippen molar-refractivity contribution < 1.29 is 69.7 Å². The number of aliphatic hydroxyl groups excluding tert-OH is 8. The van der Waals surface area contributed by atoms with E-state index >= 15 is 0 Å². The predicted octanol–water partition coefficient (Wildman–Crippen LogP) is 1.58. The second-order valence-corrected chi connectivity index (χ2v) is 20.4. The van der Waals surface area contributed by atoms with Gasteiger partial charge in [-0.1, -0.05) is 53.2 Å². The number of hydrogen-bond donors (Lipinski definition) is 9. The molecule has 19 atom stereocenters. The Balaban J connectivity index is 1.15. The maximum absolute atomic E-state index is 14.9. The molecule has 0 amide bonds. The van der Waals surface area contributed by atoms with Crippen LogP contribution in [0, 0.1) is 51.2 Å². The maximum atomic E-state index is 14.9. The Kier molecular flexibility index (Phi) is 13.0. The van der Waals surface area contributed by atoms with E-state index < -0.39 is 91.7 Å². The van der Waals surface area contributed by atoms with E-state index in [2.05, 4.69) is 47.6 Å².